The molecule has 0 amide bonds. The van der Waals surface area contributed by atoms with Gasteiger partial charge in [0.15, 0.2) is 0 Å². The normalized spacial score (nSPS) is 25.2. The Bertz CT molecular complexity index is 645. The van der Waals surface area contributed by atoms with E-state index in [0.717, 1.165) is 18.7 Å². The summed E-state index contributed by atoms with van der Waals surface area (Å²) in [6, 6.07) is 20.0. The summed E-state index contributed by atoms with van der Waals surface area (Å²) in [5, 5.41) is 11.7. The van der Waals surface area contributed by atoms with Crippen molar-refractivity contribution >= 4 is 0 Å². The van der Waals surface area contributed by atoms with Gasteiger partial charge in [-0.25, -0.2) is 0 Å². The molecule has 3 rings (SSSR count). The lowest BCUT2D eigenvalue weighted by atomic mass is 9.84. The van der Waals surface area contributed by atoms with Crippen molar-refractivity contribution < 1.29 is 4.92 Å². The molecule has 0 aromatic heterocycles. The van der Waals surface area contributed by atoms with Crippen molar-refractivity contribution in [2.75, 3.05) is 13.1 Å². The fourth-order valence-electron chi connectivity index (χ4n) is 3.38. The molecule has 4 heteroatoms. The molecular weight excluding hydrogens is 276 g/mol. The molecule has 0 aliphatic carbocycles. The number of hydrogen-bond donors (Lipinski definition) is 0. The topological polar surface area (TPSA) is 46.4 Å². The molecule has 0 unspecified atom stereocenters. The van der Waals surface area contributed by atoms with Gasteiger partial charge in [-0.3, -0.25) is 15.0 Å². The van der Waals surface area contributed by atoms with Crippen molar-refractivity contribution in [2.24, 2.45) is 0 Å². The summed E-state index contributed by atoms with van der Waals surface area (Å²) in [6.07, 6.45) is 0. The van der Waals surface area contributed by atoms with Gasteiger partial charge in [-0.2, -0.15) is 0 Å². The van der Waals surface area contributed by atoms with Gasteiger partial charge >= 0.3 is 0 Å². The maximum Gasteiger partial charge on any atom is 0.239 e. The smallest absolute Gasteiger partial charge is 0.239 e. The molecule has 1 heterocycles. The number of rotatable bonds is 4. The minimum absolute atomic E-state index is 0.0765. The molecule has 114 valence electrons. The highest BCUT2D eigenvalue weighted by molar-refractivity contribution is 5.26. The molecule has 0 saturated carbocycles. The molecule has 2 atom stereocenters. The molecule has 0 spiro atoms. The lowest BCUT2D eigenvalue weighted by Gasteiger charge is -2.22. The van der Waals surface area contributed by atoms with Crippen molar-refractivity contribution in [3.8, 4) is 0 Å². The van der Waals surface area contributed by atoms with Crippen LogP contribution in [0.25, 0.3) is 0 Å². The van der Waals surface area contributed by atoms with Crippen LogP contribution in [-0.4, -0.2) is 28.5 Å². The minimum Gasteiger partial charge on any atom is -0.291 e. The molecule has 2 aromatic rings. The average molecular weight is 296 g/mol. The van der Waals surface area contributed by atoms with Crippen LogP contribution in [0.2, 0.25) is 0 Å². The van der Waals surface area contributed by atoms with Crippen LogP contribution in [0, 0.1) is 10.1 Å². The highest BCUT2D eigenvalue weighted by Crippen LogP contribution is 2.38. The van der Waals surface area contributed by atoms with E-state index in [4.69, 9.17) is 0 Å². The Morgan fingerprint density at radius 3 is 2.32 bits per heavy atom. The van der Waals surface area contributed by atoms with Crippen LogP contribution in [0.3, 0.4) is 0 Å². The maximum absolute atomic E-state index is 11.7. The van der Waals surface area contributed by atoms with Crippen molar-refractivity contribution in [1.82, 2.24) is 4.90 Å². The predicted octanol–water partition coefficient (Wildman–Crippen LogP) is 3.32. The number of hydrogen-bond acceptors (Lipinski definition) is 3. The fraction of sp³-hybridized carbons (Fsp3) is 0.333. The third kappa shape index (κ3) is 2.74. The third-order valence-electron chi connectivity index (χ3n) is 4.60. The average Bonchev–Trinajstić information content (AvgIpc) is 2.87. The maximum atomic E-state index is 11.7. The zero-order valence-electron chi connectivity index (χ0n) is 12.7. The summed E-state index contributed by atoms with van der Waals surface area (Å²) >= 11 is 0. The Kier molecular flexibility index (Phi) is 3.94. The van der Waals surface area contributed by atoms with E-state index in [2.05, 4.69) is 17.0 Å². The van der Waals surface area contributed by atoms with Crippen molar-refractivity contribution in [3.63, 3.8) is 0 Å². The van der Waals surface area contributed by atoms with Crippen LogP contribution < -0.4 is 0 Å². The molecule has 4 nitrogen and oxygen atoms in total. The van der Waals surface area contributed by atoms with Crippen molar-refractivity contribution in [2.45, 2.75) is 24.9 Å². The molecule has 1 aliphatic heterocycles. The van der Waals surface area contributed by atoms with Gasteiger partial charge in [-0.1, -0.05) is 60.7 Å². The van der Waals surface area contributed by atoms with Crippen LogP contribution in [-0.2, 0) is 6.54 Å². The van der Waals surface area contributed by atoms with E-state index in [-0.39, 0.29) is 10.8 Å². The van der Waals surface area contributed by atoms with Gasteiger partial charge in [0.2, 0.25) is 5.54 Å². The molecule has 0 bridgehead atoms. The predicted molar refractivity (Wildman–Crippen MR) is 86.3 cm³/mol. The Balaban J connectivity index is 1.85. The van der Waals surface area contributed by atoms with Gasteiger partial charge < -0.3 is 0 Å². The first kappa shape index (κ1) is 14.7. The molecule has 1 saturated heterocycles. The Morgan fingerprint density at radius 1 is 1.14 bits per heavy atom. The van der Waals surface area contributed by atoms with Gasteiger partial charge in [0, 0.05) is 24.9 Å². The van der Waals surface area contributed by atoms with Crippen LogP contribution >= 0.6 is 0 Å². The molecular formula is C18H20N2O2. The second kappa shape index (κ2) is 5.89. The SMILES string of the molecule is C[C@@]1([N+](=O)[O-])CN(Cc2ccccc2)C[C@H]1c1ccccc1. The quantitative estimate of drug-likeness (QED) is 0.642. The highest BCUT2D eigenvalue weighted by atomic mass is 16.6. The van der Waals surface area contributed by atoms with Gasteiger partial charge in [-0.15, -0.1) is 0 Å². The van der Waals surface area contributed by atoms with Gasteiger partial charge in [0.25, 0.3) is 0 Å². The zero-order chi connectivity index (χ0) is 15.6. The van der Waals surface area contributed by atoms with Crippen molar-refractivity contribution in [1.29, 1.82) is 0 Å². The monoisotopic (exact) mass is 296 g/mol. The highest BCUT2D eigenvalue weighted by Gasteiger charge is 2.53. The lowest BCUT2D eigenvalue weighted by molar-refractivity contribution is -0.564. The van der Waals surface area contributed by atoms with Crippen molar-refractivity contribution in [3.05, 3.63) is 81.9 Å². The van der Waals surface area contributed by atoms with Crippen LogP contribution in [0.15, 0.2) is 60.7 Å². The molecule has 22 heavy (non-hydrogen) atoms. The van der Waals surface area contributed by atoms with E-state index in [1.807, 2.05) is 48.5 Å². The lowest BCUT2D eigenvalue weighted by Crippen LogP contribution is -2.42. The number of nitro groups is 1. The Labute approximate surface area is 130 Å². The van der Waals surface area contributed by atoms with E-state index in [1.165, 1.54) is 5.56 Å². The van der Waals surface area contributed by atoms with Gasteiger partial charge in [-0.05, 0) is 11.1 Å². The second-order valence-corrected chi connectivity index (χ2v) is 6.23. The summed E-state index contributed by atoms with van der Waals surface area (Å²) in [7, 11) is 0. The number of likely N-dealkylation sites (tertiary alicyclic amines) is 1. The molecule has 0 N–H and O–H groups in total. The summed E-state index contributed by atoms with van der Waals surface area (Å²) in [6.45, 7) is 3.73. The second-order valence-electron chi connectivity index (χ2n) is 6.23. The van der Waals surface area contributed by atoms with E-state index in [0.29, 0.717) is 6.54 Å². The standard InChI is InChI=1S/C18H20N2O2/c1-18(20(21)22)14-19(12-15-8-4-2-5-9-15)13-17(18)16-10-6-3-7-11-16/h2-11,17H,12-14H2,1H3/t17-,18+/m0/s1. The Hall–Kier alpha value is -2.20. The first-order valence-electron chi connectivity index (χ1n) is 7.55. The molecule has 1 aliphatic rings. The first-order chi connectivity index (χ1) is 10.6. The molecule has 0 radical (unpaired) electrons. The van der Waals surface area contributed by atoms with E-state index in [9.17, 15) is 10.1 Å². The van der Waals surface area contributed by atoms with E-state index in [1.54, 1.807) is 6.92 Å². The summed E-state index contributed by atoms with van der Waals surface area (Å²) in [5.74, 6) is -0.0765. The van der Waals surface area contributed by atoms with Gasteiger partial charge in [0.1, 0.15) is 0 Å². The van der Waals surface area contributed by atoms with Crippen LogP contribution in [0.1, 0.15) is 24.0 Å². The van der Waals surface area contributed by atoms with Gasteiger partial charge in [0.05, 0.1) is 12.5 Å². The van der Waals surface area contributed by atoms with E-state index < -0.39 is 5.54 Å². The number of nitrogens with zero attached hydrogens (tertiary/aromatic N) is 2. The fourth-order valence-corrected chi connectivity index (χ4v) is 3.38. The molecule has 2 aromatic carbocycles. The van der Waals surface area contributed by atoms with E-state index >= 15 is 0 Å². The molecule has 1 fully saturated rings. The largest absolute Gasteiger partial charge is 0.291 e. The number of benzene rings is 2. The summed E-state index contributed by atoms with van der Waals surface area (Å²) in [4.78, 5) is 13.8. The first-order valence-corrected chi connectivity index (χ1v) is 7.55. The van der Waals surface area contributed by atoms with Crippen LogP contribution in [0.4, 0.5) is 0 Å². The summed E-state index contributed by atoms with van der Waals surface area (Å²) in [5.41, 5.74) is 1.31. The third-order valence-corrected chi connectivity index (χ3v) is 4.60. The minimum atomic E-state index is -0.934. The zero-order valence-corrected chi connectivity index (χ0v) is 12.7. The Morgan fingerprint density at radius 2 is 1.73 bits per heavy atom. The summed E-state index contributed by atoms with van der Waals surface area (Å²) < 4.78 is 0. The van der Waals surface area contributed by atoms with Crippen LogP contribution in [0.5, 0.6) is 0 Å².